The summed E-state index contributed by atoms with van der Waals surface area (Å²) < 4.78 is 26.5. The highest BCUT2D eigenvalue weighted by molar-refractivity contribution is 7.91. The number of fused-ring (bicyclic) bond motifs is 2. The zero-order valence-electron chi connectivity index (χ0n) is 14.1. The minimum absolute atomic E-state index is 0.217. The van der Waals surface area contributed by atoms with Crippen molar-refractivity contribution in [2.75, 3.05) is 7.05 Å². The van der Waals surface area contributed by atoms with Gasteiger partial charge in [-0.25, -0.2) is 18.2 Å². The third-order valence-corrected chi connectivity index (χ3v) is 7.36. The second kappa shape index (κ2) is 5.29. The number of hydrogen-bond acceptors (Lipinski definition) is 5. The quantitative estimate of drug-likeness (QED) is 0.821. The molecule has 0 N–H and O–H groups in total. The first-order valence-corrected chi connectivity index (χ1v) is 9.59. The Kier molecular flexibility index (Phi) is 3.78. The lowest BCUT2D eigenvalue weighted by molar-refractivity contribution is 0.164. The third-order valence-electron chi connectivity index (χ3n) is 5.29. The molecule has 0 saturated heterocycles. The third kappa shape index (κ3) is 2.77. The first-order chi connectivity index (χ1) is 10.6. The first kappa shape index (κ1) is 16.4. The summed E-state index contributed by atoms with van der Waals surface area (Å²) in [5.74, 6) is 0.750. The molecule has 128 valence electrons. The average Bonchev–Trinajstić information content (AvgIpc) is 3.19. The van der Waals surface area contributed by atoms with Gasteiger partial charge in [-0.2, -0.15) is 4.68 Å². The summed E-state index contributed by atoms with van der Waals surface area (Å²) in [5, 5.41) is 3.37. The van der Waals surface area contributed by atoms with E-state index in [1.54, 1.807) is 7.05 Å². The summed E-state index contributed by atoms with van der Waals surface area (Å²) in [6.07, 6.45) is 5.01. The van der Waals surface area contributed by atoms with E-state index in [0.29, 0.717) is 12.3 Å². The summed E-state index contributed by atoms with van der Waals surface area (Å²) in [4.78, 5) is 17.8. The molecule has 3 rings (SSSR count). The molecular formula is C15H24N4O3S. The number of carbonyl (C=O) groups excluding carboxylic acids is 1. The number of rotatable bonds is 2. The predicted octanol–water partition coefficient (Wildman–Crippen LogP) is 1.94. The Morgan fingerprint density at radius 3 is 2.52 bits per heavy atom. The molecule has 0 aliphatic heterocycles. The standard InChI is InChI=1S/C15H24N4O3S/c1-15(2,3)18(4)14(20)19-9-16-13(17-19)23(21,22)12-8-10-5-6-11(12)7-10/h9-12H,5-8H2,1-4H3/t10-,11+,12-/m1/s1. The van der Waals surface area contributed by atoms with Crippen LogP contribution in [0.3, 0.4) is 0 Å². The van der Waals surface area contributed by atoms with Gasteiger partial charge in [-0.1, -0.05) is 6.42 Å². The van der Waals surface area contributed by atoms with Gasteiger partial charge in [0.1, 0.15) is 6.33 Å². The molecule has 2 fully saturated rings. The maximum Gasteiger partial charge on any atom is 0.346 e. The molecule has 23 heavy (non-hydrogen) atoms. The molecule has 1 aromatic rings. The van der Waals surface area contributed by atoms with Crippen molar-refractivity contribution < 1.29 is 13.2 Å². The molecule has 8 heteroatoms. The zero-order valence-corrected chi connectivity index (χ0v) is 14.9. The summed E-state index contributed by atoms with van der Waals surface area (Å²) >= 11 is 0. The lowest BCUT2D eigenvalue weighted by Gasteiger charge is -2.31. The maximum atomic E-state index is 12.8. The topological polar surface area (TPSA) is 85.2 Å². The fourth-order valence-corrected chi connectivity index (χ4v) is 5.56. The lowest BCUT2D eigenvalue weighted by Crippen LogP contribution is -2.44. The monoisotopic (exact) mass is 340 g/mol. The molecule has 2 aliphatic rings. The van der Waals surface area contributed by atoms with E-state index < -0.39 is 9.84 Å². The molecule has 2 saturated carbocycles. The highest BCUT2D eigenvalue weighted by atomic mass is 32.2. The van der Waals surface area contributed by atoms with Crippen molar-refractivity contribution in [1.82, 2.24) is 19.7 Å². The summed E-state index contributed by atoms with van der Waals surface area (Å²) in [7, 11) is -1.90. The second-order valence-corrected chi connectivity index (χ2v) is 9.80. The highest BCUT2D eigenvalue weighted by Gasteiger charge is 2.48. The molecule has 2 aliphatic carbocycles. The number of nitrogens with zero attached hydrogens (tertiary/aromatic N) is 4. The van der Waals surface area contributed by atoms with E-state index in [0.717, 1.165) is 23.9 Å². The van der Waals surface area contributed by atoms with E-state index in [1.165, 1.54) is 11.2 Å². The van der Waals surface area contributed by atoms with Crippen LogP contribution in [0, 0.1) is 11.8 Å². The van der Waals surface area contributed by atoms with Crippen LogP contribution in [0.4, 0.5) is 4.79 Å². The normalized spacial score (nSPS) is 27.4. The average molecular weight is 340 g/mol. The molecular weight excluding hydrogens is 316 g/mol. The van der Waals surface area contributed by atoms with Crippen LogP contribution in [-0.4, -0.2) is 51.9 Å². The number of aromatic nitrogens is 3. The van der Waals surface area contributed by atoms with E-state index in [1.807, 2.05) is 20.8 Å². The van der Waals surface area contributed by atoms with E-state index >= 15 is 0 Å². The van der Waals surface area contributed by atoms with E-state index in [4.69, 9.17) is 0 Å². The molecule has 0 radical (unpaired) electrons. The van der Waals surface area contributed by atoms with E-state index in [-0.39, 0.29) is 27.9 Å². The number of amides is 1. The van der Waals surface area contributed by atoms with Crippen molar-refractivity contribution >= 4 is 15.9 Å². The Bertz CT molecular complexity index is 719. The van der Waals surface area contributed by atoms with Crippen molar-refractivity contribution in [2.24, 2.45) is 11.8 Å². The molecule has 1 aromatic heterocycles. The molecule has 3 atom stereocenters. The Morgan fingerprint density at radius 2 is 2.00 bits per heavy atom. The fourth-order valence-electron chi connectivity index (χ4n) is 3.61. The van der Waals surface area contributed by atoms with Crippen molar-refractivity contribution in [3.05, 3.63) is 6.33 Å². The second-order valence-electron chi connectivity index (χ2n) is 7.74. The van der Waals surface area contributed by atoms with Crippen molar-refractivity contribution in [3.63, 3.8) is 0 Å². The number of hydrogen-bond donors (Lipinski definition) is 0. The van der Waals surface area contributed by atoms with E-state index in [9.17, 15) is 13.2 Å². The van der Waals surface area contributed by atoms with Crippen molar-refractivity contribution in [1.29, 1.82) is 0 Å². The Labute approximate surface area is 137 Å². The Balaban J connectivity index is 1.83. The van der Waals surface area contributed by atoms with Gasteiger partial charge in [0.25, 0.3) is 5.16 Å². The first-order valence-electron chi connectivity index (χ1n) is 8.04. The summed E-state index contributed by atoms with van der Waals surface area (Å²) in [6, 6.07) is -0.389. The van der Waals surface area contributed by atoms with Gasteiger partial charge in [0.15, 0.2) is 0 Å². The molecule has 2 bridgehead atoms. The molecule has 1 amide bonds. The van der Waals surface area contributed by atoms with Crippen molar-refractivity contribution in [2.45, 2.75) is 62.4 Å². The zero-order chi connectivity index (χ0) is 17.0. The molecule has 0 unspecified atom stereocenters. The van der Waals surface area contributed by atoms with Crippen LogP contribution in [-0.2, 0) is 9.84 Å². The number of sulfone groups is 1. The summed E-state index contributed by atoms with van der Waals surface area (Å²) in [6.45, 7) is 5.69. The minimum atomic E-state index is -3.56. The lowest BCUT2D eigenvalue weighted by atomic mass is 10.0. The van der Waals surface area contributed by atoms with Gasteiger partial charge in [-0.3, -0.25) is 0 Å². The molecule has 1 heterocycles. The van der Waals surface area contributed by atoms with Gasteiger partial charge in [-0.05, 0) is 51.9 Å². The van der Waals surface area contributed by atoms with Crippen LogP contribution >= 0.6 is 0 Å². The predicted molar refractivity (Wildman–Crippen MR) is 84.8 cm³/mol. The maximum absolute atomic E-state index is 12.8. The summed E-state index contributed by atoms with van der Waals surface area (Å²) in [5.41, 5.74) is -0.382. The van der Waals surface area contributed by atoms with Crippen LogP contribution in [0.5, 0.6) is 0 Å². The smallest absolute Gasteiger partial charge is 0.321 e. The minimum Gasteiger partial charge on any atom is -0.321 e. The number of carbonyl (C=O) groups is 1. The highest BCUT2D eigenvalue weighted by Crippen LogP contribution is 2.48. The van der Waals surface area contributed by atoms with Gasteiger partial charge in [0.2, 0.25) is 9.84 Å². The largest absolute Gasteiger partial charge is 0.346 e. The van der Waals surface area contributed by atoms with Gasteiger partial charge in [0.05, 0.1) is 5.25 Å². The van der Waals surface area contributed by atoms with Crippen LogP contribution in [0.25, 0.3) is 0 Å². The van der Waals surface area contributed by atoms with Gasteiger partial charge in [-0.15, -0.1) is 5.10 Å². The van der Waals surface area contributed by atoms with Crippen LogP contribution in [0.15, 0.2) is 11.5 Å². The molecule has 0 aromatic carbocycles. The van der Waals surface area contributed by atoms with Crippen LogP contribution in [0.2, 0.25) is 0 Å². The Morgan fingerprint density at radius 1 is 1.30 bits per heavy atom. The Hall–Kier alpha value is -1.44. The van der Waals surface area contributed by atoms with Crippen LogP contribution < -0.4 is 0 Å². The van der Waals surface area contributed by atoms with Gasteiger partial charge >= 0.3 is 6.03 Å². The fraction of sp³-hybridized carbons (Fsp3) is 0.800. The van der Waals surface area contributed by atoms with Gasteiger partial charge < -0.3 is 4.90 Å². The van der Waals surface area contributed by atoms with E-state index in [2.05, 4.69) is 10.1 Å². The molecule has 0 spiro atoms. The van der Waals surface area contributed by atoms with Gasteiger partial charge in [0, 0.05) is 12.6 Å². The SMILES string of the molecule is CN(C(=O)n1cnc(S(=O)(=O)[C@@H]2C[C@@H]3CC[C@H]2C3)n1)C(C)(C)C. The van der Waals surface area contributed by atoms with Crippen molar-refractivity contribution in [3.8, 4) is 0 Å². The van der Waals surface area contributed by atoms with Crippen LogP contribution in [0.1, 0.15) is 46.5 Å². The molecule has 7 nitrogen and oxygen atoms in total.